The third kappa shape index (κ3) is 1.40. The molecule has 0 aromatic carbocycles. The van der Waals surface area contributed by atoms with Crippen molar-refractivity contribution >= 4 is 23.2 Å². The Bertz CT molecular complexity index is 526. The van der Waals surface area contributed by atoms with Crippen LogP contribution in [0.5, 0.6) is 11.8 Å². The SMILES string of the molecule is Clc1ncnc2c1Cc1c(Cl)ncnc1O2. The number of halogens is 2. The van der Waals surface area contributed by atoms with Crippen LogP contribution in [0.15, 0.2) is 12.7 Å². The Hall–Kier alpha value is -1.46. The average molecular weight is 255 g/mol. The van der Waals surface area contributed by atoms with E-state index in [1.54, 1.807) is 0 Å². The molecular weight excluding hydrogens is 251 g/mol. The van der Waals surface area contributed by atoms with Crippen molar-refractivity contribution < 1.29 is 4.74 Å². The summed E-state index contributed by atoms with van der Waals surface area (Å²) in [6.07, 6.45) is 3.16. The van der Waals surface area contributed by atoms with Crippen molar-refractivity contribution in [2.75, 3.05) is 0 Å². The van der Waals surface area contributed by atoms with Crippen LogP contribution < -0.4 is 4.74 Å². The normalized spacial score (nSPS) is 12.6. The molecule has 3 rings (SSSR count). The van der Waals surface area contributed by atoms with Crippen LogP contribution in [0, 0.1) is 0 Å². The molecule has 3 heterocycles. The van der Waals surface area contributed by atoms with Gasteiger partial charge in [0.15, 0.2) is 0 Å². The first-order chi connectivity index (χ1) is 7.75. The summed E-state index contributed by atoms with van der Waals surface area (Å²) in [5.41, 5.74) is 1.40. The Kier molecular flexibility index (Phi) is 2.15. The highest BCUT2D eigenvalue weighted by Gasteiger charge is 2.24. The first kappa shape index (κ1) is 9.74. The van der Waals surface area contributed by atoms with Gasteiger partial charge in [0.25, 0.3) is 0 Å². The van der Waals surface area contributed by atoms with Gasteiger partial charge in [-0.05, 0) is 0 Å². The third-order valence-electron chi connectivity index (χ3n) is 2.25. The number of hydrogen-bond acceptors (Lipinski definition) is 5. The van der Waals surface area contributed by atoms with Crippen LogP contribution in [0.4, 0.5) is 0 Å². The van der Waals surface area contributed by atoms with Gasteiger partial charge in [-0.2, -0.15) is 0 Å². The average Bonchev–Trinajstić information content (AvgIpc) is 2.28. The number of fused-ring (bicyclic) bond motifs is 2. The monoisotopic (exact) mass is 254 g/mol. The minimum Gasteiger partial charge on any atom is -0.420 e. The molecule has 0 bridgehead atoms. The fourth-order valence-electron chi connectivity index (χ4n) is 1.49. The molecule has 0 saturated carbocycles. The molecule has 0 amide bonds. The lowest BCUT2D eigenvalue weighted by Gasteiger charge is -2.18. The van der Waals surface area contributed by atoms with Gasteiger partial charge in [-0.3, -0.25) is 0 Å². The van der Waals surface area contributed by atoms with Crippen molar-refractivity contribution in [3.63, 3.8) is 0 Å². The van der Waals surface area contributed by atoms with Gasteiger partial charge in [0.05, 0.1) is 11.1 Å². The predicted molar refractivity (Wildman–Crippen MR) is 57.0 cm³/mol. The molecule has 0 radical (unpaired) electrons. The highest BCUT2D eigenvalue weighted by atomic mass is 35.5. The molecule has 0 unspecified atom stereocenters. The van der Waals surface area contributed by atoms with Crippen molar-refractivity contribution in [1.29, 1.82) is 0 Å². The lowest BCUT2D eigenvalue weighted by atomic mass is 10.1. The number of nitrogens with zero attached hydrogens (tertiary/aromatic N) is 4. The molecule has 0 saturated heterocycles. The molecule has 7 heteroatoms. The summed E-state index contributed by atoms with van der Waals surface area (Å²) in [5, 5.41) is 0.714. The Morgan fingerprint density at radius 1 is 0.875 bits per heavy atom. The van der Waals surface area contributed by atoms with Crippen molar-refractivity contribution in [1.82, 2.24) is 19.9 Å². The first-order valence-electron chi connectivity index (χ1n) is 4.42. The molecule has 0 N–H and O–H groups in total. The van der Waals surface area contributed by atoms with Gasteiger partial charge in [-0.1, -0.05) is 23.2 Å². The summed E-state index contributed by atoms with van der Waals surface area (Å²) >= 11 is 11.9. The lowest BCUT2D eigenvalue weighted by molar-refractivity contribution is 0.419. The fourth-order valence-corrected chi connectivity index (χ4v) is 1.88. The highest BCUT2D eigenvalue weighted by molar-refractivity contribution is 6.31. The molecule has 80 valence electrons. The first-order valence-corrected chi connectivity index (χ1v) is 5.18. The van der Waals surface area contributed by atoms with Crippen LogP contribution in [-0.2, 0) is 6.42 Å². The Labute approximate surface area is 100 Å². The molecule has 2 aromatic rings. The van der Waals surface area contributed by atoms with Crippen LogP contribution >= 0.6 is 23.2 Å². The van der Waals surface area contributed by atoms with Gasteiger partial charge < -0.3 is 4.74 Å². The zero-order chi connectivity index (χ0) is 11.1. The molecule has 5 nitrogen and oxygen atoms in total. The molecule has 1 aliphatic heterocycles. The van der Waals surface area contributed by atoms with Gasteiger partial charge in [0.1, 0.15) is 23.0 Å². The number of aromatic nitrogens is 4. The van der Waals surface area contributed by atoms with Crippen molar-refractivity contribution in [2.45, 2.75) is 6.42 Å². The minimum absolute atomic E-state index is 0.357. The summed E-state index contributed by atoms with van der Waals surface area (Å²) in [6.45, 7) is 0. The predicted octanol–water partition coefficient (Wildman–Crippen LogP) is 2.27. The fraction of sp³-hybridized carbons (Fsp3) is 0.111. The maximum atomic E-state index is 5.95. The van der Waals surface area contributed by atoms with Gasteiger partial charge in [0.2, 0.25) is 11.8 Å². The Balaban J connectivity index is 2.17. The smallest absolute Gasteiger partial charge is 0.229 e. The third-order valence-corrected chi connectivity index (χ3v) is 2.90. The number of rotatable bonds is 0. The summed E-state index contributed by atoms with van der Waals surface area (Å²) in [7, 11) is 0. The van der Waals surface area contributed by atoms with E-state index in [4.69, 9.17) is 27.9 Å². The maximum Gasteiger partial charge on any atom is 0.229 e. The molecule has 0 spiro atoms. The lowest BCUT2D eigenvalue weighted by Crippen LogP contribution is -2.09. The summed E-state index contributed by atoms with van der Waals surface area (Å²) in [6, 6.07) is 0. The van der Waals surface area contributed by atoms with E-state index in [1.165, 1.54) is 12.7 Å². The van der Waals surface area contributed by atoms with E-state index in [2.05, 4.69) is 19.9 Å². The molecule has 0 atom stereocenters. The Morgan fingerprint density at radius 2 is 1.38 bits per heavy atom. The van der Waals surface area contributed by atoms with Gasteiger partial charge in [-0.25, -0.2) is 19.9 Å². The molecule has 16 heavy (non-hydrogen) atoms. The van der Waals surface area contributed by atoms with E-state index in [1.807, 2.05) is 0 Å². The molecule has 0 aliphatic carbocycles. The van der Waals surface area contributed by atoms with Gasteiger partial charge in [0, 0.05) is 6.42 Å². The second-order valence-electron chi connectivity index (χ2n) is 3.18. The second-order valence-corrected chi connectivity index (χ2v) is 3.89. The van der Waals surface area contributed by atoms with Crippen LogP contribution in [0.2, 0.25) is 10.3 Å². The van der Waals surface area contributed by atoms with Crippen LogP contribution in [-0.4, -0.2) is 19.9 Å². The van der Waals surface area contributed by atoms with Crippen molar-refractivity contribution in [3.8, 4) is 11.8 Å². The van der Waals surface area contributed by atoms with Gasteiger partial charge >= 0.3 is 0 Å². The second kappa shape index (κ2) is 3.54. The van der Waals surface area contributed by atoms with Gasteiger partial charge in [-0.15, -0.1) is 0 Å². The standard InChI is InChI=1S/C9H4Cl2N4O/c10-6-4-1-5-7(11)13-3-15-9(5)16-8(4)14-2-12-6/h2-3H,1H2. The summed E-state index contributed by atoms with van der Waals surface area (Å²) in [4.78, 5) is 15.7. The number of ether oxygens (including phenoxy) is 1. The highest BCUT2D eigenvalue weighted by Crippen LogP contribution is 2.37. The Morgan fingerprint density at radius 3 is 1.88 bits per heavy atom. The molecule has 0 fully saturated rings. The van der Waals surface area contributed by atoms with Crippen molar-refractivity contribution in [3.05, 3.63) is 34.1 Å². The van der Waals surface area contributed by atoms with Crippen molar-refractivity contribution in [2.24, 2.45) is 0 Å². The largest absolute Gasteiger partial charge is 0.420 e. The van der Waals surface area contributed by atoms with E-state index in [-0.39, 0.29) is 0 Å². The van der Waals surface area contributed by atoms with Crippen LogP contribution in [0.3, 0.4) is 0 Å². The van der Waals surface area contributed by atoms with E-state index in [0.29, 0.717) is 39.6 Å². The van der Waals surface area contributed by atoms with E-state index in [9.17, 15) is 0 Å². The molecule has 2 aromatic heterocycles. The van der Waals surface area contributed by atoms with E-state index >= 15 is 0 Å². The quantitative estimate of drug-likeness (QED) is 0.576. The maximum absolute atomic E-state index is 5.95. The zero-order valence-corrected chi connectivity index (χ0v) is 9.33. The van der Waals surface area contributed by atoms with E-state index in [0.717, 1.165) is 0 Å². The summed E-state index contributed by atoms with van der Waals surface area (Å²) in [5.74, 6) is 0.838. The minimum atomic E-state index is 0.357. The number of hydrogen-bond donors (Lipinski definition) is 0. The molecule has 1 aliphatic rings. The van der Waals surface area contributed by atoms with E-state index < -0.39 is 0 Å². The summed E-state index contributed by atoms with van der Waals surface area (Å²) < 4.78 is 5.47. The molecular formula is C9H4Cl2N4O. The zero-order valence-electron chi connectivity index (χ0n) is 7.81. The van der Waals surface area contributed by atoms with Crippen LogP contribution in [0.1, 0.15) is 11.1 Å². The topological polar surface area (TPSA) is 60.8 Å². The van der Waals surface area contributed by atoms with Crippen LogP contribution in [0.25, 0.3) is 0 Å².